The van der Waals surface area contributed by atoms with E-state index in [2.05, 4.69) is 10.3 Å². The summed E-state index contributed by atoms with van der Waals surface area (Å²) in [7, 11) is 0. The van der Waals surface area contributed by atoms with Crippen molar-refractivity contribution in [3.8, 4) is 0 Å². The average Bonchev–Trinajstić information content (AvgIpc) is 2.41. The van der Waals surface area contributed by atoms with Gasteiger partial charge in [-0.15, -0.1) is 0 Å². The van der Waals surface area contributed by atoms with Crippen LogP contribution in [0.3, 0.4) is 0 Å². The lowest BCUT2D eigenvalue weighted by Gasteiger charge is -2.16. The summed E-state index contributed by atoms with van der Waals surface area (Å²) < 4.78 is 27.3. The molecule has 1 heterocycles. The smallest absolute Gasteiger partial charge is 0.253 e. The molecule has 1 unspecified atom stereocenters. The average molecular weight is 331 g/mol. The van der Waals surface area contributed by atoms with Gasteiger partial charge < -0.3 is 5.32 Å². The van der Waals surface area contributed by atoms with Gasteiger partial charge in [-0.25, -0.2) is 13.8 Å². The predicted octanol–water partition coefficient (Wildman–Crippen LogP) is 4.16. The standard InChI is InChI=1S/C14H10Cl2F2N2O/c1-7(13-10(17)3-2-4-11(13)18)20-14(21)8-5-12(16)19-6-9(8)15/h2-7H,1H3,(H,20,21). The quantitative estimate of drug-likeness (QED) is 0.858. The van der Waals surface area contributed by atoms with Gasteiger partial charge in [0.1, 0.15) is 16.8 Å². The normalized spacial score (nSPS) is 12.0. The molecule has 0 bridgehead atoms. The second kappa shape index (κ2) is 6.37. The number of nitrogens with zero attached hydrogens (tertiary/aromatic N) is 1. The van der Waals surface area contributed by atoms with Gasteiger partial charge in [-0.05, 0) is 25.1 Å². The molecule has 1 N–H and O–H groups in total. The Balaban J connectivity index is 2.25. The molecule has 0 spiro atoms. The minimum Gasteiger partial charge on any atom is -0.345 e. The lowest BCUT2D eigenvalue weighted by molar-refractivity contribution is 0.0939. The molecule has 21 heavy (non-hydrogen) atoms. The highest BCUT2D eigenvalue weighted by Gasteiger charge is 2.20. The van der Waals surface area contributed by atoms with Gasteiger partial charge in [-0.2, -0.15) is 0 Å². The molecule has 110 valence electrons. The Hall–Kier alpha value is -1.72. The van der Waals surface area contributed by atoms with Gasteiger partial charge >= 0.3 is 0 Å². The Bertz CT molecular complexity index is 674. The number of nitrogens with one attached hydrogen (secondary N) is 1. The van der Waals surface area contributed by atoms with Gasteiger partial charge in [0.25, 0.3) is 5.91 Å². The number of amides is 1. The maximum atomic E-state index is 13.6. The highest BCUT2D eigenvalue weighted by Crippen LogP contribution is 2.22. The van der Waals surface area contributed by atoms with E-state index in [-0.39, 0.29) is 21.3 Å². The van der Waals surface area contributed by atoms with Crippen molar-refractivity contribution in [3.05, 3.63) is 63.4 Å². The predicted molar refractivity (Wildman–Crippen MR) is 76.5 cm³/mol. The van der Waals surface area contributed by atoms with Crippen LogP contribution in [0.5, 0.6) is 0 Å². The third-order valence-electron chi connectivity index (χ3n) is 2.85. The van der Waals surface area contributed by atoms with E-state index < -0.39 is 23.6 Å². The van der Waals surface area contributed by atoms with Crippen LogP contribution in [0.2, 0.25) is 10.2 Å². The van der Waals surface area contributed by atoms with E-state index >= 15 is 0 Å². The molecular formula is C14H10Cl2F2N2O. The zero-order valence-electron chi connectivity index (χ0n) is 10.8. The first-order valence-corrected chi connectivity index (χ1v) is 6.71. The van der Waals surface area contributed by atoms with E-state index in [0.29, 0.717) is 0 Å². The van der Waals surface area contributed by atoms with Crippen LogP contribution in [0.1, 0.15) is 28.9 Å². The Kier molecular flexibility index (Phi) is 4.75. The molecule has 1 aromatic heterocycles. The molecule has 0 aliphatic carbocycles. The van der Waals surface area contributed by atoms with Gasteiger partial charge in [0.05, 0.1) is 16.6 Å². The number of hydrogen-bond acceptors (Lipinski definition) is 2. The number of pyridine rings is 1. The molecule has 2 aromatic rings. The fraction of sp³-hybridized carbons (Fsp3) is 0.143. The van der Waals surface area contributed by atoms with Crippen molar-refractivity contribution in [1.29, 1.82) is 0 Å². The number of hydrogen-bond donors (Lipinski definition) is 1. The number of carbonyl (C=O) groups is 1. The topological polar surface area (TPSA) is 42.0 Å². The molecule has 3 nitrogen and oxygen atoms in total. The minimum absolute atomic E-state index is 0.0836. The van der Waals surface area contributed by atoms with E-state index in [0.717, 1.165) is 12.1 Å². The third-order valence-corrected chi connectivity index (χ3v) is 3.35. The second-order valence-corrected chi connectivity index (χ2v) is 5.11. The van der Waals surface area contributed by atoms with E-state index in [1.807, 2.05) is 0 Å². The summed E-state index contributed by atoms with van der Waals surface area (Å²) in [6.45, 7) is 1.47. The summed E-state index contributed by atoms with van der Waals surface area (Å²) in [5, 5.41) is 2.66. The Morgan fingerprint density at radius 2 is 1.90 bits per heavy atom. The molecule has 0 aliphatic rings. The van der Waals surface area contributed by atoms with E-state index in [4.69, 9.17) is 23.2 Å². The number of benzene rings is 1. The largest absolute Gasteiger partial charge is 0.345 e. The van der Waals surface area contributed by atoms with Crippen LogP contribution in [0, 0.1) is 11.6 Å². The van der Waals surface area contributed by atoms with E-state index in [1.54, 1.807) is 0 Å². The number of carbonyl (C=O) groups excluding carboxylic acids is 1. The van der Waals surface area contributed by atoms with Crippen molar-refractivity contribution in [3.63, 3.8) is 0 Å². The molecule has 1 amide bonds. The Labute approximate surface area is 129 Å². The van der Waals surface area contributed by atoms with Gasteiger partial charge in [-0.3, -0.25) is 4.79 Å². The highest BCUT2D eigenvalue weighted by molar-refractivity contribution is 6.35. The zero-order valence-corrected chi connectivity index (χ0v) is 12.3. The van der Waals surface area contributed by atoms with Crippen LogP contribution < -0.4 is 5.32 Å². The first-order valence-electron chi connectivity index (χ1n) is 5.96. The summed E-state index contributed by atoms with van der Waals surface area (Å²) >= 11 is 11.5. The van der Waals surface area contributed by atoms with Crippen molar-refractivity contribution in [1.82, 2.24) is 10.3 Å². The number of rotatable bonds is 3. The van der Waals surface area contributed by atoms with Crippen LogP contribution in [0.4, 0.5) is 8.78 Å². The summed E-state index contributed by atoms with van der Waals surface area (Å²) in [5.41, 5.74) is -0.137. The Morgan fingerprint density at radius 1 is 1.29 bits per heavy atom. The highest BCUT2D eigenvalue weighted by atomic mass is 35.5. The molecule has 1 aromatic carbocycles. The van der Waals surface area contributed by atoms with Crippen molar-refractivity contribution in [2.24, 2.45) is 0 Å². The van der Waals surface area contributed by atoms with Crippen LogP contribution >= 0.6 is 23.2 Å². The van der Waals surface area contributed by atoms with Gasteiger partial charge in [0, 0.05) is 11.8 Å². The van der Waals surface area contributed by atoms with Crippen LogP contribution in [0.25, 0.3) is 0 Å². The Morgan fingerprint density at radius 3 is 2.52 bits per heavy atom. The lowest BCUT2D eigenvalue weighted by Crippen LogP contribution is -2.28. The van der Waals surface area contributed by atoms with Gasteiger partial charge in [-0.1, -0.05) is 29.3 Å². The molecule has 2 rings (SSSR count). The summed E-state index contributed by atoms with van der Waals surface area (Å²) in [6.07, 6.45) is 1.23. The monoisotopic (exact) mass is 330 g/mol. The van der Waals surface area contributed by atoms with Crippen molar-refractivity contribution < 1.29 is 13.6 Å². The molecule has 0 radical (unpaired) electrons. The van der Waals surface area contributed by atoms with E-state index in [9.17, 15) is 13.6 Å². The molecule has 0 saturated heterocycles. The molecule has 1 atom stereocenters. The fourth-order valence-corrected chi connectivity index (χ4v) is 2.21. The first kappa shape index (κ1) is 15.7. The molecule has 0 saturated carbocycles. The van der Waals surface area contributed by atoms with Gasteiger partial charge in [0.2, 0.25) is 0 Å². The van der Waals surface area contributed by atoms with Crippen molar-refractivity contribution in [2.75, 3.05) is 0 Å². The number of halogens is 4. The maximum Gasteiger partial charge on any atom is 0.253 e. The molecule has 7 heteroatoms. The molecule has 0 fully saturated rings. The molecular weight excluding hydrogens is 321 g/mol. The van der Waals surface area contributed by atoms with Crippen LogP contribution in [0.15, 0.2) is 30.5 Å². The van der Waals surface area contributed by atoms with Crippen molar-refractivity contribution in [2.45, 2.75) is 13.0 Å². The minimum atomic E-state index is -0.873. The van der Waals surface area contributed by atoms with Gasteiger partial charge in [0.15, 0.2) is 0 Å². The molecule has 0 aliphatic heterocycles. The van der Waals surface area contributed by atoms with E-state index in [1.165, 1.54) is 25.3 Å². The number of aromatic nitrogens is 1. The second-order valence-electron chi connectivity index (χ2n) is 4.32. The lowest BCUT2D eigenvalue weighted by atomic mass is 10.1. The SMILES string of the molecule is CC(NC(=O)c1cc(Cl)ncc1Cl)c1c(F)cccc1F. The first-order chi connectivity index (χ1) is 9.90. The van der Waals surface area contributed by atoms with Crippen LogP contribution in [-0.4, -0.2) is 10.9 Å². The third kappa shape index (κ3) is 3.49. The van der Waals surface area contributed by atoms with Crippen molar-refractivity contribution >= 4 is 29.1 Å². The fourth-order valence-electron chi connectivity index (χ4n) is 1.86. The summed E-state index contributed by atoms with van der Waals surface area (Å²) in [4.78, 5) is 15.8. The van der Waals surface area contributed by atoms with Crippen LogP contribution in [-0.2, 0) is 0 Å². The zero-order chi connectivity index (χ0) is 15.6. The summed E-state index contributed by atoms with van der Waals surface area (Å²) in [5.74, 6) is -2.07. The summed E-state index contributed by atoms with van der Waals surface area (Å²) in [6, 6.07) is 3.90. The maximum absolute atomic E-state index is 13.6.